The maximum atomic E-state index is 13.0. The maximum Gasteiger partial charge on any atom is 0.361 e. The average Bonchev–Trinajstić information content (AvgIpc) is 3.64. The van der Waals surface area contributed by atoms with Crippen molar-refractivity contribution >= 4 is 17.9 Å². The number of likely N-dealkylation sites (N-methyl/N-ethyl adjacent to an activating group) is 1. The van der Waals surface area contributed by atoms with Crippen LogP contribution in [0.25, 0.3) is 0 Å². The molecule has 89 heavy (non-hydrogen) atoms. The van der Waals surface area contributed by atoms with Crippen LogP contribution in [0.3, 0.4) is 0 Å². The Hall–Kier alpha value is -4.57. The van der Waals surface area contributed by atoms with Gasteiger partial charge in [-0.25, -0.2) is 4.79 Å². The van der Waals surface area contributed by atoms with Gasteiger partial charge in [-0.1, -0.05) is 302 Å². The Bertz CT molecular complexity index is 1930. The number of allylic oxidation sites excluding steroid dienone is 22. The second-order valence-electron chi connectivity index (χ2n) is 25.2. The summed E-state index contributed by atoms with van der Waals surface area (Å²) in [5.41, 5.74) is 0. The highest BCUT2D eigenvalue weighted by Gasteiger charge is 2.25. The molecule has 0 aliphatic rings. The molecule has 9 nitrogen and oxygen atoms in total. The van der Waals surface area contributed by atoms with Crippen LogP contribution in [-0.4, -0.2) is 87.4 Å². The minimum atomic E-state index is -1.52. The summed E-state index contributed by atoms with van der Waals surface area (Å²) < 4.78 is 23.0. The van der Waals surface area contributed by atoms with Crippen molar-refractivity contribution in [2.75, 3.05) is 47.5 Å². The summed E-state index contributed by atoms with van der Waals surface area (Å²) in [5.74, 6) is -2.03. The van der Waals surface area contributed by atoms with E-state index in [9.17, 15) is 19.5 Å². The van der Waals surface area contributed by atoms with E-state index in [-0.39, 0.29) is 32.2 Å². The number of carboxylic acids is 1. The lowest BCUT2D eigenvalue weighted by atomic mass is 10.0. The first-order chi connectivity index (χ1) is 43.6. The van der Waals surface area contributed by atoms with Crippen molar-refractivity contribution in [1.29, 1.82) is 0 Å². The number of esters is 2. The zero-order chi connectivity index (χ0) is 64.7. The summed E-state index contributed by atoms with van der Waals surface area (Å²) in [6.45, 7) is 4.74. The van der Waals surface area contributed by atoms with Gasteiger partial charge in [-0.3, -0.25) is 9.59 Å². The molecule has 0 aromatic rings. The number of aliphatic carboxylic acids is 1. The van der Waals surface area contributed by atoms with E-state index in [2.05, 4.69) is 148 Å². The van der Waals surface area contributed by atoms with Gasteiger partial charge in [0.1, 0.15) is 13.2 Å². The smallest absolute Gasteiger partial charge is 0.361 e. The van der Waals surface area contributed by atoms with Crippen LogP contribution in [0.5, 0.6) is 0 Å². The highest BCUT2D eigenvalue weighted by molar-refractivity contribution is 5.71. The molecule has 0 radical (unpaired) electrons. The maximum absolute atomic E-state index is 13.0. The number of unbranched alkanes of at least 4 members (excludes halogenated alkanes) is 29. The number of nitrogens with zero attached hydrogens (tertiary/aromatic N) is 1. The van der Waals surface area contributed by atoms with E-state index >= 15 is 0 Å². The zero-order valence-electron chi connectivity index (χ0n) is 58.0. The standard InChI is InChI=1S/C80H135NO8/c1-6-8-10-12-14-16-18-20-22-24-26-28-30-32-34-36-38-39-41-42-44-46-48-50-52-54-56-58-60-62-64-66-68-70-77(82)87-74-76(75-88-80(79(84)85)86-73-72-81(3,4)5)89-78(83)71-69-67-65-63-61-59-57-55-53-51-49-47-45-43-40-37-35-33-31-29-27-25-23-21-19-17-15-13-11-9-7-2/h9,11,15,17-18,20-21,23-24,26-27,29-30,32-33,35,40,43,47,49,53,55,76,80H,6-8,10,12-14,16,19,22,25,28,31,34,36-39,41-42,44-46,48,50-52,54,56-75H2,1-5H3/p+1/b11-9-,17-15-,20-18-,23-21-,26-24-,29-27-,32-30-,35-33-,43-40-,49-47-,55-53-. The van der Waals surface area contributed by atoms with E-state index in [1.165, 1.54) is 141 Å². The van der Waals surface area contributed by atoms with Crippen molar-refractivity contribution in [3.63, 3.8) is 0 Å². The number of quaternary nitrogens is 1. The molecule has 0 bridgehead atoms. The monoisotopic (exact) mass is 1240 g/mol. The summed E-state index contributed by atoms with van der Waals surface area (Å²) in [7, 11) is 5.97. The number of carboxylic acid groups (broad SMARTS) is 1. The minimum absolute atomic E-state index is 0.179. The number of carbonyl (C=O) groups excluding carboxylic acids is 2. The van der Waals surface area contributed by atoms with Crippen molar-refractivity contribution < 1.29 is 42.9 Å². The Morgan fingerprint density at radius 1 is 0.348 bits per heavy atom. The van der Waals surface area contributed by atoms with E-state index in [1.54, 1.807) is 0 Å². The number of hydrogen-bond acceptors (Lipinski definition) is 7. The number of carbonyl (C=O) groups is 3. The Morgan fingerprint density at radius 3 is 0.955 bits per heavy atom. The first-order valence-corrected chi connectivity index (χ1v) is 36.3. The summed E-state index contributed by atoms with van der Waals surface area (Å²) in [5, 5.41) is 9.75. The van der Waals surface area contributed by atoms with Crippen LogP contribution < -0.4 is 0 Å². The molecule has 2 atom stereocenters. The van der Waals surface area contributed by atoms with Crippen LogP contribution in [-0.2, 0) is 33.3 Å². The molecule has 0 saturated carbocycles. The van der Waals surface area contributed by atoms with Gasteiger partial charge in [0.15, 0.2) is 6.10 Å². The summed E-state index contributed by atoms with van der Waals surface area (Å²) in [4.78, 5) is 37.7. The molecule has 508 valence electrons. The van der Waals surface area contributed by atoms with Gasteiger partial charge in [0.2, 0.25) is 0 Å². The number of ether oxygens (including phenoxy) is 4. The molecular weight excluding hydrogens is 1100 g/mol. The van der Waals surface area contributed by atoms with Crippen molar-refractivity contribution in [2.45, 2.75) is 309 Å². The molecule has 0 aliphatic heterocycles. The average molecular weight is 1240 g/mol. The lowest BCUT2D eigenvalue weighted by Crippen LogP contribution is -2.40. The Balaban J connectivity index is 4.16. The van der Waals surface area contributed by atoms with Crippen molar-refractivity contribution in [3.8, 4) is 0 Å². The minimum Gasteiger partial charge on any atom is -0.477 e. The molecule has 0 aliphatic carbocycles. The van der Waals surface area contributed by atoms with Crippen LogP contribution >= 0.6 is 0 Å². The van der Waals surface area contributed by atoms with E-state index in [0.29, 0.717) is 23.9 Å². The second kappa shape index (κ2) is 69.3. The molecule has 0 amide bonds. The van der Waals surface area contributed by atoms with Gasteiger partial charge in [-0.15, -0.1) is 0 Å². The lowest BCUT2D eigenvalue weighted by Gasteiger charge is -2.25. The number of rotatable bonds is 66. The van der Waals surface area contributed by atoms with Gasteiger partial charge < -0.3 is 28.5 Å². The predicted molar refractivity (Wildman–Crippen MR) is 382 cm³/mol. The first-order valence-electron chi connectivity index (χ1n) is 36.3. The van der Waals surface area contributed by atoms with Crippen molar-refractivity contribution in [1.82, 2.24) is 0 Å². The molecule has 0 aromatic carbocycles. The third-order valence-electron chi connectivity index (χ3n) is 15.4. The SMILES string of the molecule is CC/C=C\C/C=C\C/C=C\C/C=C\C/C=C\C/C=C\C/C=C\C/C=C\CCCCCCCCC(=O)OC(COC(=O)CCCCCCCCCCCCCCCCCCCC/C=C\C/C=C\C/C=C\CCCCCCC)COC(OCC[N+](C)(C)C)C(=O)O. The van der Waals surface area contributed by atoms with Crippen LogP contribution in [0.1, 0.15) is 296 Å². The van der Waals surface area contributed by atoms with Crippen LogP contribution in [0.4, 0.5) is 0 Å². The third-order valence-corrected chi connectivity index (χ3v) is 15.4. The van der Waals surface area contributed by atoms with Crippen molar-refractivity contribution in [2.24, 2.45) is 0 Å². The predicted octanol–water partition coefficient (Wildman–Crippen LogP) is 22.9. The normalized spacial score (nSPS) is 13.5. The molecular formula is C80H136NO8+. The van der Waals surface area contributed by atoms with E-state index in [0.717, 1.165) is 122 Å². The van der Waals surface area contributed by atoms with Gasteiger partial charge in [-0.2, -0.15) is 0 Å². The fourth-order valence-corrected chi connectivity index (χ4v) is 9.86. The zero-order valence-corrected chi connectivity index (χ0v) is 58.0. The molecule has 0 rings (SSSR count). The van der Waals surface area contributed by atoms with Gasteiger partial charge in [0.05, 0.1) is 34.4 Å². The second-order valence-corrected chi connectivity index (χ2v) is 25.2. The van der Waals surface area contributed by atoms with Gasteiger partial charge in [0.25, 0.3) is 6.29 Å². The van der Waals surface area contributed by atoms with Gasteiger partial charge in [-0.05, 0) is 116 Å². The van der Waals surface area contributed by atoms with E-state index in [1.807, 2.05) is 21.1 Å². The molecule has 0 saturated heterocycles. The Labute approximate surface area is 548 Å². The highest BCUT2D eigenvalue weighted by Crippen LogP contribution is 2.17. The van der Waals surface area contributed by atoms with Crippen molar-refractivity contribution in [3.05, 3.63) is 134 Å². The van der Waals surface area contributed by atoms with Crippen LogP contribution in [0, 0.1) is 0 Å². The molecule has 0 fully saturated rings. The highest BCUT2D eigenvalue weighted by atomic mass is 16.7. The molecule has 2 unspecified atom stereocenters. The first kappa shape index (κ1) is 84.4. The van der Waals surface area contributed by atoms with Crippen LogP contribution in [0.2, 0.25) is 0 Å². The van der Waals surface area contributed by atoms with E-state index in [4.69, 9.17) is 18.9 Å². The lowest BCUT2D eigenvalue weighted by molar-refractivity contribution is -0.870. The molecule has 0 spiro atoms. The van der Waals surface area contributed by atoms with Gasteiger partial charge >= 0.3 is 17.9 Å². The fourth-order valence-electron chi connectivity index (χ4n) is 9.86. The van der Waals surface area contributed by atoms with Gasteiger partial charge in [0, 0.05) is 12.8 Å². The quantitative estimate of drug-likeness (QED) is 0.0211. The summed E-state index contributed by atoms with van der Waals surface area (Å²) >= 11 is 0. The topological polar surface area (TPSA) is 108 Å². The van der Waals surface area contributed by atoms with Crippen LogP contribution in [0.15, 0.2) is 134 Å². The number of hydrogen-bond donors (Lipinski definition) is 1. The molecule has 1 N–H and O–H groups in total. The Kier molecular flexibility index (Phi) is 65.8. The summed E-state index contributed by atoms with van der Waals surface area (Å²) in [6.07, 6.45) is 97.1. The third kappa shape index (κ3) is 70.7. The summed E-state index contributed by atoms with van der Waals surface area (Å²) in [6, 6.07) is 0. The molecule has 0 aromatic heterocycles. The Morgan fingerprint density at radius 2 is 0.640 bits per heavy atom. The molecule has 9 heteroatoms. The molecule has 0 heterocycles. The fraction of sp³-hybridized carbons (Fsp3) is 0.688. The largest absolute Gasteiger partial charge is 0.477 e. The van der Waals surface area contributed by atoms with E-state index < -0.39 is 24.3 Å².